The molecule has 0 aliphatic rings. The summed E-state index contributed by atoms with van der Waals surface area (Å²) < 4.78 is 11.3. The van der Waals surface area contributed by atoms with Gasteiger partial charge in [0.25, 0.3) is 0 Å². The molecule has 0 saturated heterocycles. The fraction of sp³-hybridized carbons (Fsp3) is 0.188. The van der Waals surface area contributed by atoms with Gasteiger partial charge in [0, 0.05) is 35.2 Å². The van der Waals surface area contributed by atoms with Crippen LogP contribution in [0.4, 0.5) is 0 Å². The van der Waals surface area contributed by atoms with Gasteiger partial charge in [0.05, 0.1) is 16.7 Å². The van der Waals surface area contributed by atoms with Crippen molar-refractivity contribution in [1.29, 1.82) is 0 Å². The van der Waals surface area contributed by atoms with Gasteiger partial charge in [-0.1, -0.05) is 46.4 Å². The first-order valence-corrected chi connectivity index (χ1v) is 9.34. The number of aromatic nitrogens is 1. The van der Waals surface area contributed by atoms with E-state index < -0.39 is 0 Å². The van der Waals surface area contributed by atoms with Gasteiger partial charge in [-0.05, 0) is 18.2 Å². The van der Waals surface area contributed by atoms with E-state index in [9.17, 15) is 0 Å². The maximum atomic E-state index is 6.20. The molecule has 0 N–H and O–H groups in total. The summed E-state index contributed by atoms with van der Waals surface area (Å²) in [5.74, 6) is 1.70. The molecule has 0 atom stereocenters. The summed E-state index contributed by atoms with van der Waals surface area (Å²) in [6.07, 6.45) is 5.02. The van der Waals surface area contributed by atoms with Crippen molar-refractivity contribution in [3.8, 4) is 11.5 Å². The van der Waals surface area contributed by atoms with Crippen LogP contribution in [0.15, 0.2) is 52.1 Å². The lowest BCUT2D eigenvalue weighted by Crippen LogP contribution is -2.02. The second-order valence-electron chi connectivity index (χ2n) is 4.40. The minimum absolute atomic E-state index is 0.138. The summed E-state index contributed by atoms with van der Waals surface area (Å²) in [6, 6.07) is 7.15. The number of halogens is 4. The molecule has 24 heavy (non-hydrogen) atoms. The number of pyridine rings is 1. The van der Waals surface area contributed by atoms with Gasteiger partial charge >= 0.3 is 0 Å². The van der Waals surface area contributed by atoms with Crippen molar-refractivity contribution in [3.63, 3.8) is 0 Å². The maximum Gasteiger partial charge on any atom is 0.156 e. The summed E-state index contributed by atoms with van der Waals surface area (Å²) >= 11 is 25.1. The van der Waals surface area contributed by atoms with Crippen LogP contribution in [0.25, 0.3) is 0 Å². The highest BCUT2D eigenvalue weighted by atomic mass is 35.5. The molecule has 1 aromatic carbocycles. The Morgan fingerprint density at radius 1 is 1.08 bits per heavy atom. The van der Waals surface area contributed by atoms with E-state index in [1.165, 1.54) is 6.08 Å². The molecule has 1 aromatic heterocycles. The molecule has 0 spiro atoms. The Morgan fingerprint density at radius 2 is 1.75 bits per heavy atom. The van der Waals surface area contributed by atoms with Crippen LogP contribution in [0, 0.1) is 0 Å². The van der Waals surface area contributed by atoms with Crippen LogP contribution in [0.5, 0.6) is 11.5 Å². The second-order valence-corrected chi connectivity index (χ2v) is 7.39. The lowest BCUT2D eigenvalue weighted by molar-refractivity contribution is 0.340. The van der Waals surface area contributed by atoms with E-state index in [-0.39, 0.29) is 11.1 Å². The molecule has 128 valence electrons. The number of ether oxygens (including phenoxy) is 2. The van der Waals surface area contributed by atoms with E-state index in [0.29, 0.717) is 28.2 Å². The number of hydrogen-bond acceptors (Lipinski definition) is 4. The van der Waals surface area contributed by atoms with E-state index in [0.717, 1.165) is 10.6 Å². The van der Waals surface area contributed by atoms with Crippen molar-refractivity contribution in [3.05, 3.63) is 57.3 Å². The fourth-order valence-electron chi connectivity index (χ4n) is 1.70. The van der Waals surface area contributed by atoms with Gasteiger partial charge in [0.1, 0.15) is 16.8 Å². The first-order chi connectivity index (χ1) is 11.6. The highest BCUT2D eigenvalue weighted by Crippen LogP contribution is 2.37. The number of hydrogen-bond donors (Lipinski definition) is 0. The summed E-state index contributed by atoms with van der Waals surface area (Å²) in [7, 11) is 0. The molecular weight excluding hydrogens is 412 g/mol. The molecule has 0 aliphatic carbocycles. The van der Waals surface area contributed by atoms with Crippen molar-refractivity contribution in [2.75, 3.05) is 19.0 Å². The molecule has 0 fully saturated rings. The van der Waals surface area contributed by atoms with Crippen LogP contribution in [-0.2, 0) is 0 Å². The van der Waals surface area contributed by atoms with Gasteiger partial charge < -0.3 is 9.47 Å². The first kappa shape index (κ1) is 19.5. The van der Waals surface area contributed by atoms with Crippen LogP contribution in [0.1, 0.15) is 0 Å². The van der Waals surface area contributed by atoms with Crippen molar-refractivity contribution >= 4 is 58.2 Å². The number of thioether (sulfide) groups is 1. The van der Waals surface area contributed by atoms with E-state index in [1.807, 2.05) is 12.1 Å². The third-order valence-electron chi connectivity index (χ3n) is 2.71. The fourth-order valence-corrected chi connectivity index (χ4v) is 3.12. The Kier molecular flexibility index (Phi) is 8.36. The minimum atomic E-state index is 0.138. The summed E-state index contributed by atoms with van der Waals surface area (Å²) in [4.78, 5) is 5.10. The maximum absolute atomic E-state index is 6.20. The second kappa shape index (κ2) is 10.3. The standard InChI is InChI=1S/C16H13Cl4NO2S/c17-13-9-11(22-6-3-15(19)20)10-14(18)16(13)23-7-8-24-12-1-4-21-5-2-12/h1-5,9-10H,6-8H2. The topological polar surface area (TPSA) is 31.4 Å². The molecule has 2 rings (SSSR count). The molecule has 3 nitrogen and oxygen atoms in total. The molecule has 0 aliphatic heterocycles. The highest BCUT2D eigenvalue weighted by molar-refractivity contribution is 7.99. The lowest BCUT2D eigenvalue weighted by Gasteiger charge is -2.12. The van der Waals surface area contributed by atoms with Gasteiger partial charge in [0.2, 0.25) is 0 Å². The largest absolute Gasteiger partial charge is 0.490 e. The zero-order valence-corrected chi connectivity index (χ0v) is 16.2. The Balaban J connectivity index is 1.87. The van der Waals surface area contributed by atoms with Gasteiger partial charge in [-0.3, -0.25) is 4.98 Å². The van der Waals surface area contributed by atoms with Crippen LogP contribution in [0.2, 0.25) is 10.0 Å². The molecule has 8 heteroatoms. The predicted molar refractivity (Wildman–Crippen MR) is 102 cm³/mol. The third kappa shape index (κ3) is 6.61. The molecule has 0 radical (unpaired) electrons. The smallest absolute Gasteiger partial charge is 0.156 e. The molecule has 0 saturated carbocycles. The zero-order chi connectivity index (χ0) is 17.4. The van der Waals surface area contributed by atoms with Crippen LogP contribution in [-0.4, -0.2) is 24.0 Å². The van der Waals surface area contributed by atoms with Crippen molar-refractivity contribution in [1.82, 2.24) is 4.98 Å². The van der Waals surface area contributed by atoms with Crippen molar-refractivity contribution in [2.45, 2.75) is 4.90 Å². The number of benzene rings is 1. The van der Waals surface area contributed by atoms with E-state index in [1.54, 1.807) is 36.3 Å². The lowest BCUT2D eigenvalue weighted by atomic mass is 10.3. The SMILES string of the molecule is ClC(Cl)=CCOc1cc(Cl)c(OCCSc2ccncc2)c(Cl)c1. The number of nitrogens with zero attached hydrogens (tertiary/aromatic N) is 1. The van der Waals surface area contributed by atoms with E-state index in [2.05, 4.69) is 4.98 Å². The summed E-state index contributed by atoms with van der Waals surface area (Å²) in [5.41, 5.74) is 0. The van der Waals surface area contributed by atoms with Crippen LogP contribution >= 0.6 is 58.2 Å². The van der Waals surface area contributed by atoms with E-state index in [4.69, 9.17) is 55.9 Å². The molecule has 0 unspecified atom stereocenters. The van der Waals surface area contributed by atoms with E-state index >= 15 is 0 Å². The van der Waals surface area contributed by atoms with Crippen LogP contribution in [0.3, 0.4) is 0 Å². The monoisotopic (exact) mass is 423 g/mol. The Labute approximate surface area is 164 Å². The number of rotatable bonds is 8. The normalized spacial score (nSPS) is 10.3. The molecule has 2 aromatic rings. The first-order valence-electron chi connectivity index (χ1n) is 6.85. The van der Waals surface area contributed by atoms with Crippen molar-refractivity contribution in [2.24, 2.45) is 0 Å². The van der Waals surface area contributed by atoms with Gasteiger partial charge in [-0.15, -0.1) is 11.8 Å². The Bertz CT molecular complexity index is 671. The zero-order valence-electron chi connectivity index (χ0n) is 12.3. The summed E-state index contributed by atoms with van der Waals surface area (Å²) in [5, 5.41) is 0.764. The minimum Gasteiger partial charge on any atom is -0.490 e. The third-order valence-corrected chi connectivity index (χ3v) is 4.55. The molecule has 0 bridgehead atoms. The van der Waals surface area contributed by atoms with Gasteiger partial charge in [0.15, 0.2) is 5.75 Å². The average molecular weight is 425 g/mol. The average Bonchev–Trinajstić information content (AvgIpc) is 2.54. The highest BCUT2D eigenvalue weighted by Gasteiger charge is 2.10. The van der Waals surface area contributed by atoms with Crippen LogP contribution < -0.4 is 9.47 Å². The quantitative estimate of drug-likeness (QED) is 0.369. The Hall–Kier alpha value is -0.780. The predicted octanol–water partition coefficient (Wildman–Crippen LogP) is 6.26. The van der Waals surface area contributed by atoms with Gasteiger partial charge in [-0.25, -0.2) is 0 Å². The van der Waals surface area contributed by atoms with Crippen molar-refractivity contribution < 1.29 is 9.47 Å². The molecular formula is C16H13Cl4NO2S. The van der Waals surface area contributed by atoms with Gasteiger partial charge in [-0.2, -0.15) is 0 Å². The molecule has 1 heterocycles. The molecule has 0 amide bonds. The summed E-state index contributed by atoms with van der Waals surface area (Å²) in [6.45, 7) is 0.689. The Morgan fingerprint density at radius 3 is 2.38 bits per heavy atom.